The first kappa shape index (κ1) is 20.8. The van der Waals surface area contributed by atoms with Gasteiger partial charge in [0.05, 0.1) is 18.8 Å². The number of rotatable bonds is 8. The highest BCUT2D eigenvalue weighted by molar-refractivity contribution is 5.94. The monoisotopic (exact) mass is 366 g/mol. The fraction of sp³-hybridized carbons (Fsp3) is 0.650. The van der Waals surface area contributed by atoms with Gasteiger partial charge < -0.3 is 14.7 Å². The summed E-state index contributed by atoms with van der Waals surface area (Å²) >= 11 is 0. The zero-order valence-electron chi connectivity index (χ0n) is 16.0. The molecule has 26 heavy (non-hydrogen) atoms. The number of hydrogen-bond acceptors (Lipinski definition) is 4. The third-order valence-corrected chi connectivity index (χ3v) is 4.55. The molecule has 146 valence electrons. The van der Waals surface area contributed by atoms with E-state index >= 15 is 0 Å². The highest BCUT2D eigenvalue weighted by Crippen LogP contribution is 2.14. The Morgan fingerprint density at radius 1 is 1.38 bits per heavy atom. The lowest BCUT2D eigenvalue weighted by Gasteiger charge is -2.37. The third kappa shape index (κ3) is 6.34. The van der Waals surface area contributed by atoms with Gasteiger partial charge in [-0.3, -0.25) is 9.69 Å². The normalized spacial score (nSPS) is 19.5. The molecule has 6 heteroatoms. The number of aliphatic hydroxyl groups is 1. The highest BCUT2D eigenvalue weighted by atomic mass is 19.1. The molecule has 1 aliphatic heterocycles. The average Bonchev–Trinajstić information content (AvgIpc) is 2.61. The Bertz CT molecular complexity index is 565. The van der Waals surface area contributed by atoms with Crippen molar-refractivity contribution in [2.45, 2.75) is 39.4 Å². The van der Waals surface area contributed by atoms with Gasteiger partial charge in [-0.25, -0.2) is 4.39 Å². The summed E-state index contributed by atoms with van der Waals surface area (Å²) in [6, 6.07) is 5.67. The maximum Gasteiger partial charge on any atom is 0.253 e. The molecule has 1 heterocycles. The summed E-state index contributed by atoms with van der Waals surface area (Å²) < 4.78 is 19.0. The standard InChI is InChI=1S/C20H31FN2O3/c1-4-18(24)12-22-9-10-26-19(13-22)14-23(11-15(2)3)20(25)16-5-7-17(21)8-6-16/h5-8,15,18-19,24H,4,9-14H2,1-3H3/t18-,19+/m1/s1. The van der Waals surface area contributed by atoms with Crippen molar-refractivity contribution in [2.75, 3.05) is 39.3 Å². The van der Waals surface area contributed by atoms with E-state index in [9.17, 15) is 14.3 Å². The Balaban J connectivity index is 2.02. The quantitative estimate of drug-likeness (QED) is 0.768. The minimum Gasteiger partial charge on any atom is -0.392 e. The van der Waals surface area contributed by atoms with Crippen LogP contribution < -0.4 is 0 Å². The summed E-state index contributed by atoms with van der Waals surface area (Å²) in [7, 11) is 0. The molecule has 5 nitrogen and oxygen atoms in total. The van der Waals surface area contributed by atoms with E-state index in [1.807, 2.05) is 6.92 Å². The van der Waals surface area contributed by atoms with Crippen molar-refractivity contribution < 1.29 is 19.0 Å². The minimum absolute atomic E-state index is 0.0871. The highest BCUT2D eigenvalue weighted by Gasteiger charge is 2.26. The van der Waals surface area contributed by atoms with Crippen molar-refractivity contribution in [3.8, 4) is 0 Å². The minimum atomic E-state index is -0.349. The number of ether oxygens (including phenoxy) is 1. The predicted octanol–water partition coefficient (Wildman–Crippen LogP) is 2.40. The van der Waals surface area contributed by atoms with E-state index in [2.05, 4.69) is 18.7 Å². The molecule has 2 rings (SSSR count). The Morgan fingerprint density at radius 2 is 2.08 bits per heavy atom. The van der Waals surface area contributed by atoms with Crippen LogP contribution in [0.4, 0.5) is 4.39 Å². The molecule has 1 saturated heterocycles. The van der Waals surface area contributed by atoms with Gasteiger partial charge in [0.1, 0.15) is 5.82 Å². The van der Waals surface area contributed by atoms with Crippen LogP contribution in [0.3, 0.4) is 0 Å². The number of carbonyl (C=O) groups excluding carboxylic acids is 1. The zero-order chi connectivity index (χ0) is 19.1. The molecule has 1 fully saturated rings. The lowest BCUT2D eigenvalue weighted by molar-refractivity contribution is -0.0513. The molecule has 1 amide bonds. The molecular weight excluding hydrogens is 335 g/mol. The second-order valence-corrected chi connectivity index (χ2v) is 7.43. The van der Waals surface area contributed by atoms with Gasteiger partial charge in [0.15, 0.2) is 0 Å². The topological polar surface area (TPSA) is 53.0 Å². The maximum atomic E-state index is 13.1. The Morgan fingerprint density at radius 3 is 2.69 bits per heavy atom. The van der Waals surface area contributed by atoms with E-state index in [4.69, 9.17) is 4.74 Å². The van der Waals surface area contributed by atoms with Gasteiger partial charge in [0.2, 0.25) is 0 Å². The number of amides is 1. The molecule has 0 bridgehead atoms. The molecule has 0 aromatic heterocycles. The second-order valence-electron chi connectivity index (χ2n) is 7.43. The first-order valence-electron chi connectivity index (χ1n) is 9.45. The summed E-state index contributed by atoms with van der Waals surface area (Å²) in [5, 5.41) is 9.88. The molecule has 2 atom stereocenters. The number of nitrogens with zero attached hydrogens (tertiary/aromatic N) is 2. The zero-order valence-corrected chi connectivity index (χ0v) is 16.0. The number of hydrogen-bond donors (Lipinski definition) is 1. The van der Waals surface area contributed by atoms with Crippen LogP contribution in [0.2, 0.25) is 0 Å². The van der Waals surface area contributed by atoms with Crippen LogP contribution in [0, 0.1) is 11.7 Å². The van der Waals surface area contributed by atoms with Crippen molar-refractivity contribution in [3.05, 3.63) is 35.6 Å². The largest absolute Gasteiger partial charge is 0.392 e. The number of carbonyl (C=O) groups is 1. The molecule has 1 aromatic carbocycles. The van der Waals surface area contributed by atoms with E-state index in [1.165, 1.54) is 24.3 Å². The van der Waals surface area contributed by atoms with Gasteiger partial charge in [0.25, 0.3) is 5.91 Å². The van der Waals surface area contributed by atoms with E-state index in [0.29, 0.717) is 44.3 Å². The van der Waals surface area contributed by atoms with E-state index in [0.717, 1.165) is 13.0 Å². The third-order valence-electron chi connectivity index (χ3n) is 4.55. The van der Waals surface area contributed by atoms with E-state index < -0.39 is 0 Å². The van der Waals surface area contributed by atoms with Crippen LogP contribution in [0.5, 0.6) is 0 Å². The lowest BCUT2D eigenvalue weighted by Crippen LogP contribution is -2.50. The lowest BCUT2D eigenvalue weighted by atomic mass is 10.1. The number of aliphatic hydroxyl groups excluding tert-OH is 1. The smallest absolute Gasteiger partial charge is 0.253 e. The molecule has 0 radical (unpaired) electrons. The SMILES string of the molecule is CC[C@@H](O)CN1CCO[C@H](CN(CC(C)C)C(=O)c2ccc(F)cc2)C1. The Hall–Kier alpha value is -1.50. The molecule has 0 aliphatic carbocycles. The van der Waals surface area contributed by atoms with Gasteiger partial charge in [-0.2, -0.15) is 0 Å². The van der Waals surface area contributed by atoms with Crippen molar-refractivity contribution >= 4 is 5.91 Å². The maximum absolute atomic E-state index is 13.1. The van der Waals surface area contributed by atoms with E-state index in [-0.39, 0.29) is 23.9 Å². The molecule has 0 saturated carbocycles. The summed E-state index contributed by atoms with van der Waals surface area (Å²) in [4.78, 5) is 16.9. The summed E-state index contributed by atoms with van der Waals surface area (Å²) in [6.07, 6.45) is 0.308. The first-order chi connectivity index (χ1) is 12.4. The molecular formula is C20H31FN2O3. The fourth-order valence-corrected chi connectivity index (χ4v) is 3.19. The molecule has 1 aromatic rings. The second kappa shape index (κ2) is 10.00. The van der Waals surface area contributed by atoms with Gasteiger partial charge in [-0.15, -0.1) is 0 Å². The Kier molecular flexibility index (Phi) is 8.00. The summed E-state index contributed by atoms with van der Waals surface area (Å²) in [5.41, 5.74) is 0.487. The van der Waals surface area contributed by atoms with Gasteiger partial charge in [-0.1, -0.05) is 20.8 Å². The molecule has 0 spiro atoms. The summed E-state index contributed by atoms with van der Waals surface area (Å²) in [6.45, 7) is 9.93. The van der Waals surface area contributed by atoms with Crippen LogP contribution in [0.15, 0.2) is 24.3 Å². The predicted molar refractivity (Wildman–Crippen MR) is 99.6 cm³/mol. The number of halogens is 1. The van der Waals surface area contributed by atoms with Gasteiger partial charge in [-0.05, 0) is 36.6 Å². The molecule has 1 N–H and O–H groups in total. The number of benzene rings is 1. The van der Waals surface area contributed by atoms with Crippen LogP contribution in [-0.4, -0.2) is 72.4 Å². The van der Waals surface area contributed by atoms with Crippen molar-refractivity contribution in [2.24, 2.45) is 5.92 Å². The van der Waals surface area contributed by atoms with Crippen molar-refractivity contribution in [3.63, 3.8) is 0 Å². The molecule has 1 aliphatic rings. The van der Waals surface area contributed by atoms with Crippen LogP contribution in [-0.2, 0) is 4.74 Å². The number of β-amino-alcohol motifs (C(OH)–C–C–N with tert-alkyl or cyclic N) is 1. The van der Waals surface area contributed by atoms with E-state index in [1.54, 1.807) is 4.90 Å². The van der Waals surface area contributed by atoms with Crippen molar-refractivity contribution in [1.29, 1.82) is 0 Å². The Labute approximate surface area is 155 Å². The van der Waals surface area contributed by atoms with Gasteiger partial charge in [0, 0.05) is 38.3 Å². The van der Waals surface area contributed by atoms with Crippen LogP contribution >= 0.6 is 0 Å². The fourth-order valence-electron chi connectivity index (χ4n) is 3.19. The average molecular weight is 366 g/mol. The van der Waals surface area contributed by atoms with Gasteiger partial charge >= 0.3 is 0 Å². The van der Waals surface area contributed by atoms with Crippen LogP contribution in [0.25, 0.3) is 0 Å². The first-order valence-corrected chi connectivity index (χ1v) is 9.45. The van der Waals surface area contributed by atoms with Crippen molar-refractivity contribution in [1.82, 2.24) is 9.80 Å². The molecule has 0 unspecified atom stereocenters. The number of morpholine rings is 1. The van der Waals surface area contributed by atoms with Crippen LogP contribution in [0.1, 0.15) is 37.6 Å². The summed E-state index contributed by atoms with van der Waals surface area (Å²) in [5.74, 6) is -0.133.